The van der Waals surface area contributed by atoms with Crippen molar-refractivity contribution < 1.29 is 14.6 Å². The van der Waals surface area contributed by atoms with Crippen molar-refractivity contribution >= 4 is 6.09 Å². The van der Waals surface area contributed by atoms with Crippen molar-refractivity contribution in [2.24, 2.45) is 5.92 Å². The smallest absolute Gasteiger partial charge is 0.410 e. The van der Waals surface area contributed by atoms with E-state index < -0.39 is 5.60 Å². The molecule has 0 aromatic carbocycles. The summed E-state index contributed by atoms with van der Waals surface area (Å²) in [4.78, 5) is 13.9. The summed E-state index contributed by atoms with van der Waals surface area (Å²) in [6, 6.07) is 0.273. The number of amides is 1. The third kappa shape index (κ3) is 6.09. The molecule has 0 aliphatic carbocycles. The SMILES string of the molecule is CC(O)CCNC1CN(C(=O)OC(C)(C)C)CCC1C. The van der Waals surface area contributed by atoms with Gasteiger partial charge in [0.15, 0.2) is 0 Å². The number of carbonyl (C=O) groups excluding carboxylic acids is 1. The zero-order valence-electron chi connectivity index (χ0n) is 13.5. The van der Waals surface area contributed by atoms with Crippen LogP contribution in [0.15, 0.2) is 0 Å². The molecule has 1 fully saturated rings. The van der Waals surface area contributed by atoms with Gasteiger partial charge in [-0.05, 0) is 53.0 Å². The Balaban J connectivity index is 2.46. The largest absolute Gasteiger partial charge is 0.444 e. The Morgan fingerprint density at radius 2 is 2.15 bits per heavy atom. The monoisotopic (exact) mass is 286 g/mol. The van der Waals surface area contributed by atoms with Crippen molar-refractivity contribution in [3.8, 4) is 0 Å². The van der Waals surface area contributed by atoms with Crippen LogP contribution in [0.4, 0.5) is 4.79 Å². The van der Waals surface area contributed by atoms with Crippen molar-refractivity contribution in [1.29, 1.82) is 0 Å². The number of nitrogens with one attached hydrogen (secondary N) is 1. The summed E-state index contributed by atoms with van der Waals surface area (Å²) >= 11 is 0. The van der Waals surface area contributed by atoms with E-state index in [1.807, 2.05) is 20.8 Å². The number of ether oxygens (including phenoxy) is 1. The van der Waals surface area contributed by atoms with Crippen molar-refractivity contribution in [3.05, 3.63) is 0 Å². The van der Waals surface area contributed by atoms with E-state index in [1.54, 1.807) is 11.8 Å². The van der Waals surface area contributed by atoms with Gasteiger partial charge in [0.25, 0.3) is 0 Å². The van der Waals surface area contributed by atoms with Crippen molar-refractivity contribution in [1.82, 2.24) is 10.2 Å². The summed E-state index contributed by atoms with van der Waals surface area (Å²) in [5.41, 5.74) is -0.449. The molecule has 0 spiro atoms. The average Bonchev–Trinajstić information content (AvgIpc) is 2.28. The van der Waals surface area contributed by atoms with E-state index >= 15 is 0 Å². The third-order valence-corrected chi connectivity index (χ3v) is 3.58. The molecule has 3 atom stereocenters. The van der Waals surface area contributed by atoms with Crippen LogP contribution < -0.4 is 5.32 Å². The molecule has 1 heterocycles. The highest BCUT2D eigenvalue weighted by atomic mass is 16.6. The third-order valence-electron chi connectivity index (χ3n) is 3.58. The molecule has 2 N–H and O–H groups in total. The Bertz CT molecular complexity index is 313. The highest BCUT2D eigenvalue weighted by Crippen LogP contribution is 2.19. The molecule has 0 aromatic rings. The molecule has 0 aromatic heterocycles. The van der Waals surface area contributed by atoms with Crippen LogP contribution in [0, 0.1) is 5.92 Å². The van der Waals surface area contributed by atoms with E-state index in [2.05, 4.69) is 12.2 Å². The Morgan fingerprint density at radius 3 is 2.70 bits per heavy atom. The lowest BCUT2D eigenvalue weighted by molar-refractivity contribution is 0.0146. The van der Waals surface area contributed by atoms with Crippen LogP contribution in [0.25, 0.3) is 0 Å². The van der Waals surface area contributed by atoms with Gasteiger partial charge in [-0.3, -0.25) is 0 Å². The molecule has 20 heavy (non-hydrogen) atoms. The van der Waals surface area contributed by atoms with Crippen LogP contribution >= 0.6 is 0 Å². The van der Waals surface area contributed by atoms with Gasteiger partial charge in [-0.15, -0.1) is 0 Å². The van der Waals surface area contributed by atoms with Crippen LogP contribution in [0.3, 0.4) is 0 Å². The first-order valence-corrected chi connectivity index (χ1v) is 7.58. The first-order chi connectivity index (χ1) is 9.19. The molecule has 3 unspecified atom stereocenters. The number of piperidine rings is 1. The molecule has 1 aliphatic rings. The number of carbonyl (C=O) groups is 1. The average molecular weight is 286 g/mol. The number of hydrogen-bond donors (Lipinski definition) is 2. The first kappa shape index (κ1) is 17.2. The predicted molar refractivity (Wildman–Crippen MR) is 79.7 cm³/mol. The Labute approximate surface area is 122 Å². The van der Waals surface area contributed by atoms with Crippen LogP contribution in [0.1, 0.15) is 47.5 Å². The maximum atomic E-state index is 12.1. The maximum Gasteiger partial charge on any atom is 0.410 e. The van der Waals surface area contributed by atoms with Gasteiger partial charge in [0.2, 0.25) is 0 Å². The van der Waals surface area contributed by atoms with E-state index in [0.29, 0.717) is 12.5 Å². The zero-order valence-corrected chi connectivity index (χ0v) is 13.5. The van der Waals surface area contributed by atoms with Gasteiger partial charge in [-0.25, -0.2) is 4.79 Å². The highest BCUT2D eigenvalue weighted by molar-refractivity contribution is 5.68. The van der Waals surface area contributed by atoms with E-state index in [0.717, 1.165) is 25.9 Å². The van der Waals surface area contributed by atoms with E-state index in [1.165, 1.54) is 0 Å². The lowest BCUT2D eigenvalue weighted by Gasteiger charge is -2.38. The minimum atomic E-state index is -0.449. The molecular weight excluding hydrogens is 256 g/mol. The molecule has 1 amide bonds. The summed E-state index contributed by atoms with van der Waals surface area (Å²) in [5.74, 6) is 0.530. The molecule has 0 bridgehead atoms. The van der Waals surface area contributed by atoms with Gasteiger partial charge in [-0.2, -0.15) is 0 Å². The molecule has 5 nitrogen and oxygen atoms in total. The summed E-state index contributed by atoms with van der Waals surface area (Å²) in [7, 11) is 0. The van der Waals surface area contributed by atoms with Gasteiger partial charge in [0.1, 0.15) is 5.60 Å². The summed E-state index contributed by atoms with van der Waals surface area (Å²) in [6.07, 6.45) is 1.19. The molecule has 0 radical (unpaired) electrons. The summed E-state index contributed by atoms with van der Waals surface area (Å²) in [6.45, 7) is 11.8. The van der Waals surface area contributed by atoms with Crippen LogP contribution in [0.2, 0.25) is 0 Å². The van der Waals surface area contributed by atoms with E-state index in [9.17, 15) is 9.90 Å². The summed E-state index contributed by atoms with van der Waals surface area (Å²) < 4.78 is 5.42. The van der Waals surface area contributed by atoms with Crippen LogP contribution in [-0.4, -0.2) is 53.5 Å². The number of aliphatic hydroxyl groups is 1. The van der Waals surface area contributed by atoms with E-state index in [4.69, 9.17) is 4.74 Å². The van der Waals surface area contributed by atoms with Crippen LogP contribution in [-0.2, 0) is 4.74 Å². The normalized spacial score (nSPS) is 25.4. The molecule has 1 aliphatic heterocycles. The minimum absolute atomic E-state index is 0.230. The molecule has 1 rings (SSSR count). The van der Waals surface area contributed by atoms with E-state index in [-0.39, 0.29) is 18.2 Å². The Hall–Kier alpha value is -0.810. The first-order valence-electron chi connectivity index (χ1n) is 7.58. The molecule has 1 saturated heterocycles. The second-order valence-electron chi connectivity index (χ2n) is 6.89. The van der Waals surface area contributed by atoms with Gasteiger partial charge >= 0.3 is 6.09 Å². The maximum absolute atomic E-state index is 12.1. The lowest BCUT2D eigenvalue weighted by Crippen LogP contribution is -2.53. The zero-order chi connectivity index (χ0) is 15.3. The Kier molecular flexibility index (Phi) is 6.27. The lowest BCUT2D eigenvalue weighted by atomic mass is 9.93. The summed E-state index contributed by atoms with van der Waals surface area (Å²) in [5, 5.41) is 12.7. The molecule has 0 saturated carbocycles. The van der Waals surface area contributed by atoms with Gasteiger partial charge in [-0.1, -0.05) is 6.92 Å². The Morgan fingerprint density at radius 1 is 1.50 bits per heavy atom. The molecule has 5 heteroatoms. The van der Waals surface area contributed by atoms with Gasteiger partial charge in [0.05, 0.1) is 6.10 Å². The molecule has 118 valence electrons. The standard InChI is InChI=1S/C15H30N2O3/c1-11-7-9-17(14(19)20-15(3,4)5)10-13(11)16-8-6-12(2)18/h11-13,16,18H,6-10H2,1-5H3. The number of rotatable bonds is 4. The second kappa shape index (κ2) is 7.27. The van der Waals surface area contributed by atoms with Gasteiger partial charge < -0.3 is 20.1 Å². The second-order valence-corrected chi connectivity index (χ2v) is 6.89. The fourth-order valence-corrected chi connectivity index (χ4v) is 2.30. The number of likely N-dealkylation sites (tertiary alicyclic amines) is 1. The quantitative estimate of drug-likeness (QED) is 0.829. The van der Waals surface area contributed by atoms with Gasteiger partial charge in [0, 0.05) is 19.1 Å². The topological polar surface area (TPSA) is 61.8 Å². The fourth-order valence-electron chi connectivity index (χ4n) is 2.30. The number of aliphatic hydroxyl groups excluding tert-OH is 1. The highest BCUT2D eigenvalue weighted by Gasteiger charge is 2.31. The minimum Gasteiger partial charge on any atom is -0.444 e. The molecular formula is C15H30N2O3. The number of nitrogens with zero attached hydrogens (tertiary/aromatic N) is 1. The van der Waals surface area contributed by atoms with Crippen molar-refractivity contribution in [2.45, 2.75) is 65.2 Å². The van der Waals surface area contributed by atoms with Crippen LogP contribution in [0.5, 0.6) is 0 Å². The number of hydrogen-bond acceptors (Lipinski definition) is 4. The fraction of sp³-hybridized carbons (Fsp3) is 0.933. The predicted octanol–water partition coefficient (Wildman–Crippen LogP) is 1.99. The van der Waals surface area contributed by atoms with Crippen molar-refractivity contribution in [3.63, 3.8) is 0 Å². The van der Waals surface area contributed by atoms with Crippen molar-refractivity contribution in [2.75, 3.05) is 19.6 Å².